The summed E-state index contributed by atoms with van der Waals surface area (Å²) >= 11 is 0. The Morgan fingerprint density at radius 3 is 2.40 bits per heavy atom. The highest BCUT2D eigenvalue weighted by Crippen LogP contribution is 2.22. The predicted octanol–water partition coefficient (Wildman–Crippen LogP) is 4.12. The minimum Gasteiger partial charge on any atom is -0.369 e. The number of piperazine rings is 1. The monoisotopic (exact) mass is 411 g/mol. The van der Waals surface area contributed by atoms with Crippen LogP contribution in [-0.2, 0) is 18.5 Å². The zero-order chi connectivity index (χ0) is 21.7. The Hall–Kier alpha value is -1.85. The zero-order valence-electron chi connectivity index (χ0n) is 20.0. The molecule has 2 heterocycles. The van der Waals surface area contributed by atoms with Gasteiger partial charge in [0, 0.05) is 57.2 Å². The molecule has 0 aliphatic carbocycles. The lowest BCUT2D eigenvalue weighted by atomic mass is 10.1. The third-order valence-corrected chi connectivity index (χ3v) is 5.95. The van der Waals surface area contributed by atoms with Crippen LogP contribution in [0.3, 0.4) is 0 Å². The van der Waals surface area contributed by atoms with E-state index in [0.29, 0.717) is 0 Å². The Balaban J connectivity index is 1.43. The molecule has 1 saturated heterocycles. The van der Waals surface area contributed by atoms with Gasteiger partial charge in [-0.05, 0) is 58.7 Å². The van der Waals surface area contributed by atoms with Crippen LogP contribution in [-0.4, -0.2) is 53.9 Å². The van der Waals surface area contributed by atoms with Crippen LogP contribution < -0.4 is 10.2 Å². The van der Waals surface area contributed by atoms with E-state index in [-0.39, 0.29) is 5.54 Å². The summed E-state index contributed by atoms with van der Waals surface area (Å²) in [4.78, 5) is 5.11. The summed E-state index contributed by atoms with van der Waals surface area (Å²) in [5, 5.41) is 8.49. The fourth-order valence-electron chi connectivity index (χ4n) is 4.40. The first-order valence-electron chi connectivity index (χ1n) is 11.6. The number of nitrogens with zero attached hydrogens (tertiary/aromatic N) is 4. The molecule has 2 aromatic rings. The lowest BCUT2D eigenvalue weighted by Crippen LogP contribution is -2.48. The van der Waals surface area contributed by atoms with Crippen molar-refractivity contribution < 1.29 is 0 Å². The van der Waals surface area contributed by atoms with Crippen LogP contribution in [0, 0.1) is 13.8 Å². The highest BCUT2D eigenvalue weighted by molar-refractivity contribution is 5.54. The van der Waals surface area contributed by atoms with Crippen LogP contribution in [0.5, 0.6) is 0 Å². The number of aromatic nitrogens is 2. The molecule has 1 aliphatic heterocycles. The Bertz CT molecular complexity index is 809. The van der Waals surface area contributed by atoms with Crippen LogP contribution in [0.1, 0.15) is 56.6 Å². The molecule has 0 unspecified atom stereocenters. The van der Waals surface area contributed by atoms with Gasteiger partial charge < -0.3 is 10.2 Å². The van der Waals surface area contributed by atoms with Crippen molar-refractivity contribution in [2.24, 2.45) is 0 Å². The Labute approximate surface area is 183 Å². The van der Waals surface area contributed by atoms with Gasteiger partial charge in [0.2, 0.25) is 0 Å². The lowest BCUT2D eigenvalue weighted by molar-refractivity contribution is 0.257. The smallest absolute Gasteiger partial charge is 0.0765 e. The number of anilines is 1. The molecule has 30 heavy (non-hydrogen) atoms. The molecule has 166 valence electrons. The van der Waals surface area contributed by atoms with Gasteiger partial charge in [0.1, 0.15) is 0 Å². The quantitative estimate of drug-likeness (QED) is 0.663. The van der Waals surface area contributed by atoms with Gasteiger partial charge >= 0.3 is 0 Å². The minimum atomic E-state index is 0.0399. The lowest BCUT2D eigenvalue weighted by Gasteiger charge is -2.37. The summed E-state index contributed by atoms with van der Waals surface area (Å²) in [5.41, 5.74) is 6.68. The highest BCUT2D eigenvalue weighted by Gasteiger charge is 2.20. The molecule has 0 bridgehead atoms. The van der Waals surface area contributed by atoms with Gasteiger partial charge in [0.05, 0.1) is 11.2 Å². The molecule has 0 radical (unpaired) electrons. The van der Waals surface area contributed by atoms with E-state index < -0.39 is 0 Å². The molecule has 5 heteroatoms. The molecule has 1 aromatic heterocycles. The maximum absolute atomic E-state index is 4.88. The van der Waals surface area contributed by atoms with Crippen LogP contribution in [0.2, 0.25) is 0 Å². The van der Waals surface area contributed by atoms with Crippen molar-refractivity contribution in [2.75, 3.05) is 44.2 Å². The average molecular weight is 412 g/mol. The first-order chi connectivity index (χ1) is 14.3. The van der Waals surface area contributed by atoms with Crippen molar-refractivity contribution in [3.63, 3.8) is 0 Å². The van der Waals surface area contributed by atoms with Crippen molar-refractivity contribution >= 4 is 5.69 Å². The standard InChI is InChI=1S/C25H41N5/c1-7-8-23-18-22(27-30(23)25(4,5)6)19-26-11-12-28-13-15-29(16-14-28)24-10-9-20(2)17-21(24)3/h9-10,17-18,26H,7-8,11-16,19H2,1-6H3. The van der Waals surface area contributed by atoms with Gasteiger partial charge in [0.15, 0.2) is 0 Å². The van der Waals surface area contributed by atoms with E-state index in [1.165, 1.54) is 22.5 Å². The van der Waals surface area contributed by atoms with Gasteiger partial charge in [-0.25, -0.2) is 0 Å². The Kier molecular flexibility index (Phi) is 7.59. The summed E-state index contributed by atoms with van der Waals surface area (Å²) < 4.78 is 2.21. The van der Waals surface area contributed by atoms with Crippen LogP contribution >= 0.6 is 0 Å². The first-order valence-corrected chi connectivity index (χ1v) is 11.6. The molecule has 1 aromatic carbocycles. The second-order valence-electron chi connectivity index (χ2n) is 9.76. The van der Waals surface area contributed by atoms with Crippen LogP contribution in [0.25, 0.3) is 0 Å². The normalized spacial score (nSPS) is 15.7. The average Bonchev–Trinajstić information content (AvgIpc) is 3.10. The van der Waals surface area contributed by atoms with E-state index in [1.54, 1.807) is 0 Å². The van der Waals surface area contributed by atoms with E-state index in [0.717, 1.165) is 64.3 Å². The highest BCUT2D eigenvalue weighted by atomic mass is 15.3. The van der Waals surface area contributed by atoms with Gasteiger partial charge in [0.25, 0.3) is 0 Å². The molecule has 0 spiro atoms. The summed E-state index contributed by atoms with van der Waals surface area (Å²) in [6.45, 7) is 20.8. The van der Waals surface area contributed by atoms with Crippen molar-refractivity contribution in [1.82, 2.24) is 20.0 Å². The zero-order valence-corrected chi connectivity index (χ0v) is 20.0. The second-order valence-corrected chi connectivity index (χ2v) is 9.76. The van der Waals surface area contributed by atoms with Crippen LogP contribution in [0.15, 0.2) is 24.3 Å². The molecular weight excluding hydrogens is 370 g/mol. The molecule has 5 nitrogen and oxygen atoms in total. The summed E-state index contributed by atoms with van der Waals surface area (Å²) in [7, 11) is 0. The second kappa shape index (κ2) is 9.97. The summed E-state index contributed by atoms with van der Waals surface area (Å²) in [5.74, 6) is 0. The van der Waals surface area contributed by atoms with Crippen molar-refractivity contribution in [2.45, 2.75) is 66.5 Å². The van der Waals surface area contributed by atoms with Crippen LogP contribution in [0.4, 0.5) is 5.69 Å². The molecule has 0 amide bonds. The maximum Gasteiger partial charge on any atom is 0.0765 e. The Morgan fingerprint density at radius 2 is 1.77 bits per heavy atom. The predicted molar refractivity (Wildman–Crippen MR) is 127 cm³/mol. The van der Waals surface area contributed by atoms with Gasteiger partial charge in [-0.15, -0.1) is 0 Å². The van der Waals surface area contributed by atoms with Gasteiger partial charge in [-0.3, -0.25) is 9.58 Å². The molecule has 0 saturated carbocycles. The summed E-state index contributed by atoms with van der Waals surface area (Å²) in [6, 6.07) is 9.08. The Morgan fingerprint density at radius 1 is 1.03 bits per heavy atom. The number of rotatable bonds is 8. The van der Waals surface area contributed by atoms with E-state index in [9.17, 15) is 0 Å². The van der Waals surface area contributed by atoms with Crippen molar-refractivity contribution in [3.8, 4) is 0 Å². The summed E-state index contributed by atoms with van der Waals surface area (Å²) in [6.07, 6.45) is 2.25. The molecule has 1 fully saturated rings. The van der Waals surface area contributed by atoms with Gasteiger partial charge in [-0.2, -0.15) is 5.10 Å². The fourth-order valence-corrected chi connectivity index (χ4v) is 4.40. The number of hydrogen-bond acceptors (Lipinski definition) is 4. The van der Waals surface area contributed by atoms with Crippen molar-refractivity contribution in [3.05, 3.63) is 46.8 Å². The third-order valence-electron chi connectivity index (χ3n) is 5.95. The third kappa shape index (κ3) is 5.86. The molecule has 1 aliphatic rings. The number of hydrogen-bond donors (Lipinski definition) is 1. The number of nitrogens with one attached hydrogen (secondary N) is 1. The van der Waals surface area contributed by atoms with E-state index in [4.69, 9.17) is 5.10 Å². The molecule has 1 N–H and O–H groups in total. The van der Waals surface area contributed by atoms with Gasteiger partial charge in [-0.1, -0.05) is 31.0 Å². The first kappa shape index (κ1) is 22.8. The fraction of sp³-hybridized carbons (Fsp3) is 0.640. The minimum absolute atomic E-state index is 0.0399. The number of aryl methyl sites for hydroxylation is 3. The largest absolute Gasteiger partial charge is 0.369 e. The molecule has 3 rings (SSSR count). The SMILES string of the molecule is CCCc1cc(CNCCN2CCN(c3ccc(C)cc3C)CC2)nn1C(C)(C)C. The number of benzene rings is 1. The van der Waals surface area contributed by atoms with E-state index in [1.807, 2.05) is 0 Å². The van der Waals surface area contributed by atoms with E-state index in [2.05, 4.69) is 85.6 Å². The molecule has 0 atom stereocenters. The van der Waals surface area contributed by atoms with Crippen molar-refractivity contribution in [1.29, 1.82) is 0 Å². The topological polar surface area (TPSA) is 36.3 Å². The maximum atomic E-state index is 4.88. The van der Waals surface area contributed by atoms with E-state index >= 15 is 0 Å². The molecular formula is C25H41N5.